The zero-order chi connectivity index (χ0) is 13.2. The van der Waals surface area contributed by atoms with E-state index < -0.39 is 0 Å². The minimum Gasteiger partial charge on any atom is -0.304 e. The van der Waals surface area contributed by atoms with Crippen LogP contribution >= 0.6 is 0 Å². The van der Waals surface area contributed by atoms with Crippen LogP contribution in [0, 0.1) is 5.82 Å². The van der Waals surface area contributed by atoms with E-state index in [4.69, 9.17) is 0 Å². The second-order valence-electron chi connectivity index (χ2n) is 3.90. The predicted octanol–water partition coefficient (Wildman–Crippen LogP) is 0.773. The van der Waals surface area contributed by atoms with Crippen molar-refractivity contribution in [3.8, 4) is 0 Å². The van der Waals surface area contributed by atoms with Crippen molar-refractivity contribution in [2.75, 3.05) is 5.32 Å². The van der Waals surface area contributed by atoms with Crippen LogP contribution in [-0.2, 0) is 11.2 Å². The lowest BCUT2D eigenvalue weighted by molar-refractivity contribution is -0.115. The molecule has 0 fully saturated rings. The number of nitrogens with zero attached hydrogens (tertiary/aromatic N) is 4. The molecule has 96 valence electrons. The third-order valence-electron chi connectivity index (χ3n) is 2.48. The first-order valence-electron chi connectivity index (χ1n) is 5.49. The summed E-state index contributed by atoms with van der Waals surface area (Å²) in [4.78, 5) is 19.7. The van der Waals surface area contributed by atoms with E-state index in [9.17, 15) is 9.18 Å². The Bertz CT molecular complexity index is 720. The molecule has 0 aliphatic carbocycles. The van der Waals surface area contributed by atoms with Crippen molar-refractivity contribution >= 4 is 17.5 Å². The molecule has 0 radical (unpaired) electrons. The number of aromatic nitrogens is 5. The number of carbonyl (C=O) groups is 1. The van der Waals surface area contributed by atoms with Gasteiger partial charge in [0.2, 0.25) is 11.9 Å². The molecule has 0 saturated heterocycles. The van der Waals surface area contributed by atoms with Crippen LogP contribution in [0.4, 0.5) is 10.3 Å². The van der Waals surface area contributed by atoms with Crippen LogP contribution in [0.25, 0.3) is 5.65 Å². The zero-order valence-electron chi connectivity index (χ0n) is 9.67. The molecule has 0 spiro atoms. The van der Waals surface area contributed by atoms with Gasteiger partial charge in [0, 0.05) is 12.4 Å². The number of amides is 1. The number of halogens is 1. The summed E-state index contributed by atoms with van der Waals surface area (Å²) in [7, 11) is 0. The normalized spacial score (nSPS) is 10.8. The average molecular weight is 260 g/mol. The van der Waals surface area contributed by atoms with Crippen LogP contribution in [0.5, 0.6) is 0 Å². The first-order valence-corrected chi connectivity index (χ1v) is 5.49. The molecule has 3 rings (SSSR count). The van der Waals surface area contributed by atoms with E-state index >= 15 is 0 Å². The molecule has 0 unspecified atom stereocenters. The summed E-state index contributed by atoms with van der Waals surface area (Å²) in [5, 5.41) is 8.67. The third-order valence-corrected chi connectivity index (χ3v) is 2.48. The fourth-order valence-electron chi connectivity index (χ4n) is 1.71. The lowest BCUT2D eigenvalue weighted by Gasteiger charge is -1.97. The monoisotopic (exact) mass is 260 g/mol. The third kappa shape index (κ3) is 2.41. The van der Waals surface area contributed by atoms with Gasteiger partial charge in [0.25, 0.3) is 0 Å². The summed E-state index contributed by atoms with van der Waals surface area (Å²) < 4.78 is 14.5. The highest BCUT2D eigenvalue weighted by molar-refractivity contribution is 5.90. The Labute approximate surface area is 106 Å². The molecule has 0 aromatic carbocycles. The Morgan fingerprint density at radius 3 is 3.11 bits per heavy atom. The Kier molecular flexibility index (Phi) is 2.67. The van der Waals surface area contributed by atoms with Crippen LogP contribution in [0.3, 0.4) is 0 Å². The number of aromatic amines is 1. The maximum absolute atomic E-state index is 13.0. The lowest BCUT2D eigenvalue weighted by atomic mass is 10.3. The van der Waals surface area contributed by atoms with Crippen molar-refractivity contribution in [2.45, 2.75) is 6.42 Å². The Morgan fingerprint density at radius 1 is 1.42 bits per heavy atom. The van der Waals surface area contributed by atoms with Gasteiger partial charge in [-0.2, -0.15) is 10.1 Å². The molecule has 0 aliphatic rings. The summed E-state index contributed by atoms with van der Waals surface area (Å²) in [6.45, 7) is 0. The van der Waals surface area contributed by atoms with Crippen LogP contribution in [0.1, 0.15) is 5.69 Å². The van der Waals surface area contributed by atoms with Crippen LogP contribution < -0.4 is 5.32 Å². The fourth-order valence-corrected chi connectivity index (χ4v) is 1.71. The van der Waals surface area contributed by atoms with E-state index in [1.807, 2.05) is 0 Å². The molecule has 3 aromatic rings. The van der Waals surface area contributed by atoms with Crippen molar-refractivity contribution in [1.82, 2.24) is 24.6 Å². The molecule has 0 atom stereocenters. The molecular weight excluding hydrogens is 251 g/mol. The highest BCUT2D eigenvalue weighted by atomic mass is 19.1. The topological polar surface area (TPSA) is 88.0 Å². The predicted molar refractivity (Wildman–Crippen MR) is 63.9 cm³/mol. The molecule has 7 nitrogen and oxygen atoms in total. The number of rotatable bonds is 3. The number of fused-ring (bicyclic) bond motifs is 1. The minimum atomic E-state index is -0.359. The number of hydrogen-bond acceptors (Lipinski definition) is 4. The summed E-state index contributed by atoms with van der Waals surface area (Å²) in [5.74, 6) is -0.358. The first kappa shape index (κ1) is 11.3. The van der Waals surface area contributed by atoms with E-state index in [0.717, 1.165) is 0 Å². The minimum absolute atomic E-state index is 0.0734. The van der Waals surface area contributed by atoms with Gasteiger partial charge in [0.1, 0.15) is 17.8 Å². The molecule has 0 bridgehead atoms. The van der Waals surface area contributed by atoms with Gasteiger partial charge in [0.15, 0.2) is 0 Å². The van der Waals surface area contributed by atoms with Crippen LogP contribution in [0.2, 0.25) is 0 Å². The number of H-pyrrole nitrogens is 1. The van der Waals surface area contributed by atoms with E-state index in [1.54, 1.807) is 12.3 Å². The van der Waals surface area contributed by atoms with Gasteiger partial charge >= 0.3 is 0 Å². The number of imidazole rings is 1. The van der Waals surface area contributed by atoms with Crippen LogP contribution in [0.15, 0.2) is 30.9 Å². The summed E-state index contributed by atoms with van der Waals surface area (Å²) in [6.07, 6.45) is 4.28. The molecule has 3 heterocycles. The Balaban J connectivity index is 1.76. The average Bonchev–Trinajstić information content (AvgIpc) is 2.97. The van der Waals surface area contributed by atoms with E-state index in [0.29, 0.717) is 11.3 Å². The number of pyridine rings is 1. The molecule has 1 amide bonds. The molecule has 19 heavy (non-hydrogen) atoms. The van der Waals surface area contributed by atoms with Crippen molar-refractivity contribution in [3.05, 3.63) is 42.4 Å². The quantitative estimate of drug-likeness (QED) is 0.728. The van der Waals surface area contributed by atoms with Gasteiger partial charge in [-0.05, 0) is 12.1 Å². The summed E-state index contributed by atoms with van der Waals surface area (Å²) >= 11 is 0. The first-order chi connectivity index (χ1) is 9.20. The van der Waals surface area contributed by atoms with Crippen molar-refractivity contribution < 1.29 is 9.18 Å². The fraction of sp³-hybridized carbons (Fsp3) is 0.0909. The SMILES string of the molecule is O=C(Cc1cn2cc(F)ccc2n1)Nc1ncn[nH]1. The van der Waals surface area contributed by atoms with E-state index in [2.05, 4.69) is 25.5 Å². The van der Waals surface area contributed by atoms with Gasteiger partial charge in [-0.3, -0.25) is 10.1 Å². The number of hydrogen-bond donors (Lipinski definition) is 2. The number of nitrogens with one attached hydrogen (secondary N) is 2. The molecule has 0 saturated carbocycles. The maximum atomic E-state index is 13.0. The Hall–Kier alpha value is -2.77. The van der Waals surface area contributed by atoms with Crippen LogP contribution in [-0.4, -0.2) is 30.5 Å². The second-order valence-corrected chi connectivity index (χ2v) is 3.90. The van der Waals surface area contributed by atoms with E-state index in [1.165, 1.54) is 23.0 Å². The second kappa shape index (κ2) is 4.48. The van der Waals surface area contributed by atoms with Crippen molar-refractivity contribution in [2.24, 2.45) is 0 Å². The zero-order valence-corrected chi connectivity index (χ0v) is 9.67. The summed E-state index contributed by atoms with van der Waals surface area (Å²) in [6, 6.07) is 2.87. The molecule has 0 aliphatic heterocycles. The number of carbonyl (C=O) groups excluding carboxylic acids is 1. The van der Waals surface area contributed by atoms with Gasteiger partial charge in [0.05, 0.1) is 12.1 Å². The number of anilines is 1. The van der Waals surface area contributed by atoms with E-state index in [-0.39, 0.29) is 24.1 Å². The molecule has 8 heteroatoms. The lowest BCUT2D eigenvalue weighted by Crippen LogP contribution is -2.15. The van der Waals surface area contributed by atoms with Crippen molar-refractivity contribution in [1.29, 1.82) is 0 Å². The summed E-state index contributed by atoms with van der Waals surface area (Å²) in [5.41, 5.74) is 1.13. The standard InChI is InChI=1S/C11H9FN6O/c12-7-1-2-9-15-8(5-18(9)4-7)3-10(19)16-11-13-6-14-17-11/h1-2,4-6H,3H2,(H2,13,14,16,17,19). The smallest absolute Gasteiger partial charge is 0.232 e. The van der Waals surface area contributed by atoms with Gasteiger partial charge in [-0.1, -0.05) is 0 Å². The molecular formula is C11H9FN6O. The molecule has 3 aromatic heterocycles. The largest absolute Gasteiger partial charge is 0.304 e. The molecule has 2 N–H and O–H groups in total. The Morgan fingerprint density at radius 2 is 2.32 bits per heavy atom. The highest BCUT2D eigenvalue weighted by Gasteiger charge is 2.09. The van der Waals surface area contributed by atoms with Crippen molar-refractivity contribution in [3.63, 3.8) is 0 Å². The van der Waals surface area contributed by atoms with Gasteiger partial charge in [-0.15, -0.1) is 0 Å². The maximum Gasteiger partial charge on any atom is 0.232 e. The van der Waals surface area contributed by atoms with Gasteiger partial charge in [-0.25, -0.2) is 14.5 Å². The highest BCUT2D eigenvalue weighted by Crippen LogP contribution is 2.08. The van der Waals surface area contributed by atoms with Gasteiger partial charge < -0.3 is 4.40 Å².